The average molecular weight is 545 g/mol. The van der Waals surface area contributed by atoms with Gasteiger partial charge < -0.3 is 32.2 Å². The van der Waals surface area contributed by atoms with E-state index in [-0.39, 0.29) is 42.6 Å². The SMILES string of the molecule is CCCCCCCCCCCCCCC(=O)[O-].CCCCCCCCCCCCCCC(=O)[O-].[Al+3].[Cl-]. The van der Waals surface area contributed by atoms with E-state index in [1.165, 1.54) is 128 Å². The van der Waals surface area contributed by atoms with Crippen LogP contribution in [0.4, 0.5) is 0 Å². The summed E-state index contributed by atoms with van der Waals surface area (Å²) in [5.74, 6) is -1.81. The Morgan fingerprint density at radius 1 is 0.389 bits per heavy atom. The molecule has 212 valence electrons. The number of carboxylic acids is 2. The van der Waals surface area contributed by atoms with Gasteiger partial charge in [-0.3, -0.25) is 0 Å². The first-order valence-corrected chi connectivity index (χ1v) is 14.9. The second kappa shape index (κ2) is 39.3. The molecule has 0 atom stereocenters. The number of hydrogen-bond donors (Lipinski definition) is 0. The van der Waals surface area contributed by atoms with Crippen molar-refractivity contribution in [2.45, 2.75) is 181 Å². The Bertz CT molecular complexity index is 384. The predicted molar refractivity (Wildman–Crippen MR) is 147 cm³/mol. The van der Waals surface area contributed by atoms with E-state index in [4.69, 9.17) is 0 Å². The summed E-state index contributed by atoms with van der Waals surface area (Å²) in [6.07, 6.45) is 31.0. The standard InChI is InChI=1S/2C15H30O2.Al.ClH/c2*1-2-3-4-5-6-7-8-9-10-11-12-13-14-15(16)17;;/h2*2-14H2,1H3,(H,16,17);;1H/q;;+3;/p-3. The van der Waals surface area contributed by atoms with Crippen LogP contribution in [-0.2, 0) is 9.59 Å². The van der Waals surface area contributed by atoms with Gasteiger partial charge in [0.1, 0.15) is 0 Å². The third-order valence-electron chi connectivity index (χ3n) is 6.47. The number of halogens is 1. The second-order valence-electron chi connectivity index (χ2n) is 10.0. The first-order valence-electron chi connectivity index (χ1n) is 14.9. The smallest absolute Gasteiger partial charge is 1.00 e. The van der Waals surface area contributed by atoms with Crippen LogP contribution in [0.1, 0.15) is 181 Å². The van der Waals surface area contributed by atoms with E-state index in [0.29, 0.717) is 0 Å². The minimum absolute atomic E-state index is 0. The van der Waals surface area contributed by atoms with E-state index < -0.39 is 11.9 Å². The maximum Gasteiger partial charge on any atom is 3.00 e. The molecule has 36 heavy (non-hydrogen) atoms. The van der Waals surface area contributed by atoms with Crippen molar-refractivity contribution < 1.29 is 32.2 Å². The molecule has 0 aliphatic rings. The number of aliphatic carboxylic acids is 2. The van der Waals surface area contributed by atoms with Crippen molar-refractivity contribution in [3.05, 3.63) is 0 Å². The summed E-state index contributed by atoms with van der Waals surface area (Å²) in [5.41, 5.74) is 0. The molecule has 0 bridgehead atoms. The monoisotopic (exact) mass is 544 g/mol. The van der Waals surface area contributed by atoms with Crippen molar-refractivity contribution in [3.8, 4) is 0 Å². The molecule has 6 heteroatoms. The van der Waals surface area contributed by atoms with Crippen molar-refractivity contribution in [1.82, 2.24) is 0 Å². The molecule has 0 aromatic carbocycles. The molecule has 0 radical (unpaired) electrons. The van der Waals surface area contributed by atoms with Crippen LogP contribution in [0.15, 0.2) is 0 Å². The molecule has 0 aliphatic heterocycles. The number of carboxylic acid groups (broad SMARTS) is 2. The van der Waals surface area contributed by atoms with Crippen molar-refractivity contribution >= 4 is 29.3 Å². The largest absolute Gasteiger partial charge is 3.00 e. The summed E-state index contributed by atoms with van der Waals surface area (Å²) in [4.78, 5) is 20.3. The van der Waals surface area contributed by atoms with Gasteiger partial charge in [0.15, 0.2) is 0 Å². The second-order valence-corrected chi connectivity index (χ2v) is 10.0. The fraction of sp³-hybridized carbons (Fsp3) is 0.933. The van der Waals surface area contributed by atoms with Gasteiger partial charge in [0.25, 0.3) is 0 Å². The molecule has 0 fully saturated rings. The summed E-state index contributed by atoms with van der Waals surface area (Å²) in [6.45, 7) is 4.50. The van der Waals surface area contributed by atoms with Crippen molar-refractivity contribution in [2.75, 3.05) is 0 Å². The third-order valence-corrected chi connectivity index (χ3v) is 6.47. The van der Waals surface area contributed by atoms with Crippen molar-refractivity contribution in [1.29, 1.82) is 0 Å². The Hall–Kier alpha value is -0.238. The molecule has 0 saturated carbocycles. The molecule has 0 unspecified atom stereocenters. The van der Waals surface area contributed by atoms with E-state index in [1.54, 1.807) is 0 Å². The van der Waals surface area contributed by atoms with Crippen molar-refractivity contribution in [2.24, 2.45) is 0 Å². The molecule has 0 aromatic rings. The molecule has 0 N–H and O–H groups in total. The molecule has 4 nitrogen and oxygen atoms in total. The quantitative estimate of drug-likeness (QED) is 0.120. The minimum Gasteiger partial charge on any atom is -1.00 e. The summed E-state index contributed by atoms with van der Waals surface area (Å²) < 4.78 is 0. The van der Waals surface area contributed by atoms with Crippen LogP contribution < -0.4 is 22.6 Å². The van der Waals surface area contributed by atoms with E-state index >= 15 is 0 Å². The van der Waals surface area contributed by atoms with Gasteiger partial charge >= 0.3 is 17.4 Å². The van der Waals surface area contributed by atoms with Crippen LogP contribution >= 0.6 is 0 Å². The van der Waals surface area contributed by atoms with Gasteiger partial charge in [-0.05, 0) is 25.7 Å². The number of unbranched alkanes of at least 4 members (excludes halogenated alkanes) is 22. The zero-order valence-electron chi connectivity index (χ0n) is 24.0. The molecule has 0 aliphatic carbocycles. The van der Waals surface area contributed by atoms with Gasteiger partial charge in [-0.2, -0.15) is 0 Å². The van der Waals surface area contributed by atoms with Gasteiger partial charge in [0.2, 0.25) is 0 Å². The molecular formula is C30H58AlClO4. The van der Waals surface area contributed by atoms with Crippen molar-refractivity contribution in [3.63, 3.8) is 0 Å². The minimum atomic E-state index is -0.905. The Labute approximate surface area is 241 Å². The molecule has 0 aromatic heterocycles. The summed E-state index contributed by atoms with van der Waals surface area (Å²) in [7, 11) is 0. The molecule has 0 heterocycles. The van der Waals surface area contributed by atoms with E-state index in [9.17, 15) is 19.8 Å². The molecular weight excluding hydrogens is 487 g/mol. The maximum absolute atomic E-state index is 10.2. The Kier molecular flexibility index (Phi) is 46.7. The molecule has 0 amide bonds. The van der Waals surface area contributed by atoms with Crippen LogP contribution in [0.5, 0.6) is 0 Å². The summed E-state index contributed by atoms with van der Waals surface area (Å²) in [5, 5.41) is 20.3. The predicted octanol–water partition coefficient (Wildman–Crippen LogP) is 4.28. The fourth-order valence-corrected chi connectivity index (χ4v) is 4.22. The Morgan fingerprint density at radius 3 is 0.722 bits per heavy atom. The zero-order chi connectivity index (χ0) is 25.5. The first kappa shape index (κ1) is 42.8. The molecule has 0 spiro atoms. The normalized spacial score (nSPS) is 10.1. The zero-order valence-corrected chi connectivity index (χ0v) is 25.9. The van der Waals surface area contributed by atoms with Crippen LogP contribution in [0.3, 0.4) is 0 Å². The van der Waals surface area contributed by atoms with Crippen LogP contribution in [0.25, 0.3) is 0 Å². The average Bonchev–Trinajstić information content (AvgIpc) is 2.80. The van der Waals surface area contributed by atoms with Crippen LogP contribution in [-0.4, -0.2) is 29.3 Å². The summed E-state index contributed by atoms with van der Waals surface area (Å²) in [6, 6.07) is 0. The number of rotatable bonds is 26. The van der Waals surface area contributed by atoms with Gasteiger partial charge in [0.05, 0.1) is 0 Å². The van der Waals surface area contributed by atoms with Crippen LogP contribution in [0.2, 0.25) is 0 Å². The fourth-order valence-electron chi connectivity index (χ4n) is 4.22. The number of carbonyl (C=O) groups is 2. The first-order chi connectivity index (χ1) is 16.5. The third kappa shape index (κ3) is 47.0. The topological polar surface area (TPSA) is 80.3 Å². The number of hydrogen-bond acceptors (Lipinski definition) is 4. The van der Waals surface area contributed by atoms with E-state index in [0.717, 1.165) is 25.7 Å². The molecule has 0 saturated heterocycles. The van der Waals surface area contributed by atoms with Gasteiger partial charge in [-0.15, -0.1) is 0 Å². The van der Waals surface area contributed by atoms with Gasteiger partial charge in [-0.25, -0.2) is 0 Å². The maximum atomic E-state index is 10.2. The van der Waals surface area contributed by atoms with Crippen LogP contribution in [0, 0.1) is 0 Å². The Morgan fingerprint density at radius 2 is 0.556 bits per heavy atom. The van der Waals surface area contributed by atoms with E-state index in [1.807, 2.05) is 0 Å². The van der Waals surface area contributed by atoms with Gasteiger partial charge in [-0.1, -0.05) is 155 Å². The number of carbonyl (C=O) groups excluding carboxylic acids is 2. The Balaban J connectivity index is -0.000000269. The summed E-state index contributed by atoms with van der Waals surface area (Å²) >= 11 is 0. The van der Waals surface area contributed by atoms with E-state index in [2.05, 4.69) is 13.8 Å². The van der Waals surface area contributed by atoms with Gasteiger partial charge in [0, 0.05) is 11.9 Å². The molecule has 0 rings (SSSR count).